The minimum Gasteiger partial charge on any atom is -0.654 e. The van der Waals surface area contributed by atoms with Gasteiger partial charge < -0.3 is 15.0 Å². The first kappa shape index (κ1) is 12.9. The van der Waals surface area contributed by atoms with Crippen LogP contribution >= 0.6 is 0 Å². The summed E-state index contributed by atoms with van der Waals surface area (Å²) in [5.74, 6) is 0.777. The summed E-state index contributed by atoms with van der Waals surface area (Å²) in [7, 11) is 3.64. The fourth-order valence-corrected chi connectivity index (χ4v) is 2.20. The van der Waals surface area contributed by atoms with E-state index in [1.807, 2.05) is 26.5 Å². The van der Waals surface area contributed by atoms with Crippen LogP contribution in [0.5, 0.6) is 0 Å². The molecule has 0 N–H and O–H groups in total. The summed E-state index contributed by atoms with van der Waals surface area (Å²) < 4.78 is 0.829. The van der Waals surface area contributed by atoms with Crippen LogP contribution in [0.1, 0.15) is 27.7 Å². The second-order valence-corrected chi connectivity index (χ2v) is 5.87. The van der Waals surface area contributed by atoms with Gasteiger partial charge in [-0.1, -0.05) is 4.91 Å². The van der Waals surface area contributed by atoms with Gasteiger partial charge in [-0.15, -0.1) is 0 Å². The molecule has 0 saturated carbocycles. The predicted molar refractivity (Wildman–Crippen MR) is 68.7 cm³/mol. The molecule has 18 heavy (non-hydrogen) atoms. The topological polar surface area (TPSA) is 52.9 Å². The first-order chi connectivity index (χ1) is 8.12. The Kier molecular flexibility index (Phi) is 2.49. The van der Waals surface area contributed by atoms with Crippen LogP contribution in [-0.4, -0.2) is 44.8 Å². The maximum absolute atomic E-state index is 12.5. The van der Waals surface area contributed by atoms with Crippen LogP contribution < -0.4 is 0 Å². The lowest BCUT2D eigenvalue weighted by Gasteiger charge is -2.34. The molecule has 6 nitrogen and oxygen atoms in total. The monoisotopic (exact) mass is 252 g/mol. The molecule has 0 aromatic heterocycles. The molecular formula is C12H20N4O2. The molecule has 0 amide bonds. The molecule has 0 atom stereocenters. The molecule has 0 bridgehead atoms. The number of nitrogens with zero attached hydrogens (tertiary/aromatic N) is 4. The van der Waals surface area contributed by atoms with Crippen molar-refractivity contribution in [3.05, 3.63) is 34.2 Å². The summed E-state index contributed by atoms with van der Waals surface area (Å²) in [5, 5.41) is 13.3. The highest BCUT2D eigenvalue weighted by molar-refractivity contribution is 5.22. The minimum atomic E-state index is -0.776. The maximum Gasteiger partial charge on any atom is 0.354 e. The highest BCUT2D eigenvalue weighted by atomic mass is 16.5. The van der Waals surface area contributed by atoms with Crippen molar-refractivity contribution < 1.29 is 4.76 Å². The van der Waals surface area contributed by atoms with E-state index >= 15 is 0 Å². The molecule has 1 fully saturated rings. The molecule has 0 spiro atoms. The second-order valence-electron chi connectivity index (χ2n) is 5.87. The molecule has 2 rings (SSSR count). The number of nitroso groups, excluding NO2 is 1. The molecule has 100 valence electrons. The third-order valence-electron chi connectivity index (χ3n) is 4.28. The maximum atomic E-state index is 12.5. The molecule has 0 aliphatic carbocycles. The van der Waals surface area contributed by atoms with E-state index in [0.717, 1.165) is 9.82 Å². The van der Waals surface area contributed by atoms with Crippen molar-refractivity contribution in [1.29, 1.82) is 0 Å². The Hall–Kier alpha value is -1.56. The molecule has 2 aliphatic rings. The van der Waals surface area contributed by atoms with Gasteiger partial charge in [0.25, 0.3) is 0 Å². The summed E-state index contributed by atoms with van der Waals surface area (Å²) in [6, 6.07) is 0. The lowest BCUT2D eigenvalue weighted by Crippen LogP contribution is -2.50. The minimum absolute atomic E-state index is 0.167. The van der Waals surface area contributed by atoms with Gasteiger partial charge in [0.05, 0.1) is 0 Å². The quantitative estimate of drug-likeness (QED) is 0.613. The van der Waals surface area contributed by atoms with E-state index in [-0.39, 0.29) is 5.82 Å². The molecule has 2 heterocycles. The van der Waals surface area contributed by atoms with E-state index in [2.05, 4.69) is 0 Å². The molecule has 1 saturated heterocycles. The Balaban J connectivity index is 2.61. The highest BCUT2D eigenvalue weighted by Gasteiger charge is 2.62. The summed E-state index contributed by atoms with van der Waals surface area (Å²) in [5.41, 5.74) is -1.55. The Bertz CT molecular complexity index is 451. The molecular weight excluding hydrogens is 232 g/mol. The van der Waals surface area contributed by atoms with Crippen molar-refractivity contribution in [3.63, 3.8) is 0 Å². The summed E-state index contributed by atoms with van der Waals surface area (Å²) in [4.78, 5) is 16.0. The van der Waals surface area contributed by atoms with E-state index in [0.29, 0.717) is 5.82 Å². The molecule has 0 unspecified atom stereocenters. The predicted octanol–water partition coefficient (Wildman–Crippen LogP) is 1.61. The Morgan fingerprint density at radius 2 is 1.56 bits per heavy atom. The van der Waals surface area contributed by atoms with Crippen LogP contribution in [0.3, 0.4) is 0 Å². The summed E-state index contributed by atoms with van der Waals surface area (Å²) in [6.07, 6.45) is 3.64. The number of rotatable bonds is 0. The first-order valence-electron chi connectivity index (χ1n) is 5.95. The van der Waals surface area contributed by atoms with E-state index in [1.165, 1.54) is 0 Å². The van der Waals surface area contributed by atoms with Crippen molar-refractivity contribution in [2.75, 3.05) is 14.1 Å². The zero-order valence-electron chi connectivity index (χ0n) is 11.8. The zero-order chi connectivity index (χ0) is 13.9. The average Bonchev–Trinajstić information content (AvgIpc) is 2.64. The smallest absolute Gasteiger partial charge is 0.354 e. The van der Waals surface area contributed by atoms with E-state index in [4.69, 9.17) is 0 Å². The van der Waals surface area contributed by atoms with Crippen LogP contribution in [0.4, 0.5) is 0 Å². The highest BCUT2D eigenvalue weighted by Crippen LogP contribution is 2.43. The van der Waals surface area contributed by atoms with Gasteiger partial charge in [-0.3, -0.25) is 5.06 Å². The van der Waals surface area contributed by atoms with Crippen LogP contribution in [-0.2, 0) is 0 Å². The van der Waals surface area contributed by atoms with Gasteiger partial charge in [0.1, 0.15) is 5.54 Å². The molecule has 0 aromatic rings. The van der Waals surface area contributed by atoms with Crippen molar-refractivity contribution in [2.45, 2.75) is 38.8 Å². The van der Waals surface area contributed by atoms with Gasteiger partial charge in [0, 0.05) is 26.5 Å². The van der Waals surface area contributed by atoms with Crippen LogP contribution in [0.15, 0.2) is 24.0 Å². The largest absolute Gasteiger partial charge is 0.654 e. The number of hydrogen-bond donors (Lipinski definition) is 0. The lowest BCUT2D eigenvalue weighted by atomic mass is 9.84. The van der Waals surface area contributed by atoms with Gasteiger partial charge in [-0.25, -0.2) is 0 Å². The normalized spacial score (nSPS) is 25.7. The van der Waals surface area contributed by atoms with Crippen LogP contribution in [0.25, 0.3) is 0 Å². The van der Waals surface area contributed by atoms with Gasteiger partial charge in [-0.2, -0.15) is 0 Å². The zero-order valence-corrected chi connectivity index (χ0v) is 11.8. The standard InChI is InChI=1S/C12H20N4O2/c1-11(2)12(3,4)16(18)10(15(11)17)9-13(5)7-8-14(9)6/h7-8H,1-6H3. The van der Waals surface area contributed by atoms with Crippen molar-refractivity contribution in [1.82, 2.24) is 14.9 Å². The molecule has 0 radical (unpaired) electrons. The summed E-state index contributed by atoms with van der Waals surface area (Å²) in [6.45, 7) is 7.17. The van der Waals surface area contributed by atoms with Gasteiger partial charge in [0.15, 0.2) is 5.54 Å². The van der Waals surface area contributed by atoms with E-state index in [9.17, 15) is 10.1 Å². The molecule has 6 heteroatoms. The Morgan fingerprint density at radius 1 is 1.11 bits per heavy atom. The van der Waals surface area contributed by atoms with Crippen molar-refractivity contribution in [3.8, 4) is 0 Å². The summed E-state index contributed by atoms with van der Waals surface area (Å²) >= 11 is 0. The van der Waals surface area contributed by atoms with Crippen LogP contribution in [0.2, 0.25) is 0 Å². The van der Waals surface area contributed by atoms with E-state index < -0.39 is 11.1 Å². The molecule has 2 aliphatic heterocycles. The van der Waals surface area contributed by atoms with Crippen molar-refractivity contribution in [2.24, 2.45) is 0 Å². The van der Waals surface area contributed by atoms with Crippen molar-refractivity contribution >= 4 is 0 Å². The van der Waals surface area contributed by atoms with Gasteiger partial charge in [0.2, 0.25) is 5.82 Å². The fraction of sp³-hybridized carbons (Fsp3) is 0.667. The van der Waals surface area contributed by atoms with Crippen LogP contribution in [0, 0.1) is 10.1 Å². The third-order valence-corrected chi connectivity index (χ3v) is 4.28. The first-order valence-corrected chi connectivity index (χ1v) is 5.95. The van der Waals surface area contributed by atoms with Gasteiger partial charge >= 0.3 is 5.82 Å². The number of hydroxylamine groups is 2. The average molecular weight is 252 g/mol. The Labute approximate surface area is 107 Å². The number of hydrogen-bond acceptors (Lipinski definition) is 5. The fourth-order valence-electron chi connectivity index (χ4n) is 2.20. The Morgan fingerprint density at radius 3 is 1.89 bits per heavy atom. The second kappa shape index (κ2) is 3.47. The third kappa shape index (κ3) is 1.32. The van der Waals surface area contributed by atoms with Gasteiger partial charge in [-0.05, 0) is 32.5 Å². The SMILES string of the molecule is CN1C=CN(C)C1=C1N([O-])C(C)(C)C(C)(C)[N+]1=O. The van der Waals surface area contributed by atoms with E-state index in [1.54, 1.807) is 37.5 Å². The molecule has 0 aromatic carbocycles. The lowest BCUT2D eigenvalue weighted by molar-refractivity contribution is -0.567.